The summed E-state index contributed by atoms with van der Waals surface area (Å²) in [5, 5.41) is 8.28. The lowest BCUT2D eigenvalue weighted by molar-refractivity contribution is -0.131. The van der Waals surface area contributed by atoms with Crippen molar-refractivity contribution in [2.45, 2.75) is 31.0 Å². The lowest BCUT2D eigenvalue weighted by Crippen LogP contribution is -1.94. The van der Waals surface area contributed by atoms with Crippen LogP contribution < -0.4 is 0 Å². The maximum absolute atomic E-state index is 10.1. The van der Waals surface area contributed by atoms with Gasteiger partial charge in [-0.05, 0) is 6.42 Å². The summed E-state index contributed by atoms with van der Waals surface area (Å²) in [6, 6.07) is 0. The second kappa shape index (κ2) is 6.40. The van der Waals surface area contributed by atoms with E-state index in [9.17, 15) is 4.79 Å². The molecule has 0 aliphatic rings. The smallest absolute Gasteiger partial charge is 0.328 e. The highest BCUT2D eigenvalue weighted by atomic mass is 79.9. The van der Waals surface area contributed by atoms with Crippen LogP contribution in [0.1, 0.15) is 26.2 Å². The molecule has 0 aliphatic heterocycles. The van der Waals surface area contributed by atoms with Crippen LogP contribution in [0.15, 0.2) is 12.2 Å². The molecule has 0 amide bonds. The quantitative estimate of drug-likeness (QED) is 0.572. The SMILES string of the molecule is CCCCC(Br)C=CC(=O)O. The molecule has 0 aromatic carbocycles. The van der Waals surface area contributed by atoms with Crippen molar-refractivity contribution in [3.8, 4) is 0 Å². The average Bonchev–Trinajstić information content (AvgIpc) is 1.97. The van der Waals surface area contributed by atoms with Crippen LogP contribution in [0.3, 0.4) is 0 Å². The van der Waals surface area contributed by atoms with Crippen molar-refractivity contribution >= 4 is 21.9 Å². The van der Waals surface area contributed by atoms with Gasteiger partial charge in [-0.1, -0.05) is 41.8 Å². The van der Waals surface area contributed by atoms with E-state index >= 15 is 0 Å². The van der Waals surface area contributed by atoms with E-state index in [1.807, 2.05) is 0 Å². The fourth-order valence-electron chi connectivity index (χ4n) is 0.682. The van der Waals surface area contributed by atoms with Gasteiger partial charge in [0.05, 0.1) is 0 Å². The highest BCUT2D eigenvalue weighted by Crippen LogP contribution is 2.10. The van der Waals surface area contributed by atoms with Crippen LogP contribution >= 0.6 is 15.9 Å². The van der Waals surface area contributed by atoms with E-state index in [4.69, 9.17) is 5.11 Å². The summed E-state index contributed by atoms with van der Waals surface area (Å²) in [4.78, 5) is 10.3. The van der Waals surface area contributed by atoms with Crippen molar-refractivity contribution in [3.05, 3.63) is 12.2 Å². The molecule has 0 saturated carbocycles. The predicted octanol–water partition coefficient (Wildman–Crippen LogP) is 2.58. The Bertz CT molecular complexity index is 143. The van der Waals surface area contributed by atoms with E-state index in [1.54, 1.807) is 6.08 Å². The van der Waals surface area contributed by atoms with Crippen LogP contribution in [0, 0.1) is 0 Å². The summed E-state index contributed by atoms with van der Waals surface area (Å²) in [5.41, 5.74) is 0. The number of unbranched alkanes of at least 4 members (excludes halogenated alkanes) is 1. The van der Waals surface area contributed by atoms with E-state index in [0.717, 1.165) is 19.3 Å². The van der Waals surface area contributed by atoms with Crippen molar-refractivity contribution < 1.29 is 9.90 Å². The first kappa shape index (κ1) is 10.7. The van der Waals surface area contributed by atoms with Crippen LogP contribution in [-0.4, -0.2) is 15.9 Å². The molecule has 0 spiro atoms. The van der Waals surface area contributed by atoms with Gasteiger partial charge in [0, 0.05) is 10.9 Å². The first-order chi connectivity index (χ1) is 5.16. The van der Waals surface area contributed by atoms with Crippen LogP contribution in [0.25, 0.3) is 0 Å². The summed E-state index contributed by atoms with van der Waals surface area (Å²) < 4.78 is 0. The van der Waals surface area contributed by atoms with Crippen LogP contribution in [-0.2, 0) is 4.79 Å². The van der Waals surface area contributed by atoms with Gasteiger partial charge in [-0.2, -0.15) is 0 Å². The zero-order valence-electron chi connectivity index (χ0n) is 6.59. The Morgan fingerprint density at radius 2 is 2.36 bits per heavy atom. The van der Waals surface area contributed by atoms with Crippen molar-refractivity contribution in [2.75, 3.05) is 0 Å². The Morgan fingerprint density at radius 1 is 1.73 bits per heavy atom. The number of carbonyl (C=O) groups is 1. The molecule has 0 heterocycles. The summed E-state index contributed by atoms with van der Waals surface area (Å²) in [6.45, 7) is 2.11. The number of aliphatic carboxylic acids is 1. The van der Waals surface area contributed by atoms with Gasteiger partial charge in [0.2, 0.25) is 0 Å². The molecule has 1 atom stereocenters. The normalized spacial score (nSPS) is 13.6. The van der Waals surface area contributed by atoms with Gasteiger partial charge in [0.1, 0.15) is 0 Å². The van der Waals surface area contributed by atoms with Crippen molar-refractivity contribution in [1.29, 1.82) is 0 Å². The van der Waals surface area contributed by atoms with Gasteiger partial charge in [0.25, 0.3) is 0 Å². The van der Waals surface area contributed by atoms with Gasteiger partial charge in [-0.25, -0.2) is 4.79 Å². The summed E-state index contributed by atoms with van der Waals surface area (Å²) in [5.74, 6) is -0.883. The topological polar surface area (TPSA) is 37.3 Å². The molecule has 0 aromatic rings. The van der Waals surface area contributed by atoms with Gasteiger partial charge in [0.15, 0.2) is 0 Å². The minimum absolute atomic E-state index is 0.207. The molecule has 0 rings (SSSR count). The third kappa shape index (κ3) is 7.59. The minimum Gasteiger partial charge on any atom is -0.478 e. The molecule has 0 aliphatic carbocycles. The number of carboxylic acids is 1. The molecule has 1 unspecified atom stereocenters. The van der Waals surface area contributed by atoms with Crippen LogP contribution in [0.4, 0.5) is 0 Å². The van der Waals surface area contributed by atoms with Gasteiger partial charge in [-0.3, -0.25) is 0 Å². The number of hydrogen-bond acceptors (Lipinski definition) is 1. The van der Waals surface area contributed by atoms with Crippen molar-refractivity contribution in [2.24, 2.45) is 0 Å². The van der Waals surface area contributed by atoms with E-state index in [-0.39, 0.29) is 4.83 Å². The van der Waals surface area contributed by atoms with E-state index < -0.39 is 5.97 Å². The Balaban J connectivity index is 3.50. The number of carboxylic acid groups (broad SMARTS) is 1. The van der Waals surface area contributed by atoms with Crippen molar-refractivity contribution in [1.82, 2.24) is 0 Å². The molecule has 11 heavy (non-hydrogen) atoms. The zero-order valence-corrected chi connectivity index (χ0v) is 8.17. The van der Waals surface area contributed by atoms with Gasteiger partial charge < -0.3 is 5.11 Å². The second-order valence-corrected chi connectivity index (χ2v) is 3.53. The predicted molar refractivity (Wildman–Crippen MR) is 49.0 cm³/mol. The molecule has 64 valence electrons. The van der Waals surface area contributed by atoms with Gasteiger partial charge >= 0.3 is 5.97 Å². The van der Waals surface area contributed by atoms with E-state index in [1.165, 1.54) is 6.08 Å². The molecule has 0 radical (unpaired) electrons. The fraction of sp³-hybridized carbons (Fsp3) is 0.625. The standard InChI is InChI=1S/C8H13BrO2/c1-2-3-4-7(9)5-6-8(10)11/h5-7H,2-4H2,1H3,(H,10,11). The van der Waals surface area contributed by atoms with Crippen LogP contribution in [0.5, 0.6) is 0 Å². The summed E-state index contributed by atoms with van der Waals surface area (Å²) in [7, 11) is 0. The van der Waals surface area contributed by atoms with Crippen molar-refractivity contribution in [3.63, 3.8) is 0 Å². The Labute approximate surface area is 75.4 Å². The van der Waals surface area contributed by atoms with Gasteiger partial charge in [-0.15, -0.1) is 0 Å². The first-order valence-electron chi connectivity index (χ1n) is 3.72. The Morgan fingerprint density at radius 3 is 2.82 bits per heavy atom. The molecule has 0 aromatic heterocycles. The molecule has 1 N–H and O–H groups in total. The third-order valence-electron chi connectivity index (χ3n) is 1.28. The lowest BCUT2D eigenvalue weighted by atomic mass is 10.2. The molecule has 0 saturated heterocycles. The first-order valence-corrected chi connectivity index (χ1v) is 4.63. The monoisotopic (exact) mass is 220 g/mol. The maximum atomic E-state index is 10.1. The number of alkyl halides is 1. The molecular formula is C8H13BrO2. The number of rotatable bonds is 5. The molecule has 0 bridgehead atoms. The second-order valence-electron chi connectivity index (χ2n) is 2.36. The van der Waals surface area contributed by atoms with E-state index in [2.05, 4.69) is 22.9 Å². The van der Waals surface area contributed by atoms with Crippen LogP contribution in [0.2, 0.25) is 0 Å². The molecule has 3 heteroatoms. The largest absolute Gasteiger partial charge is 0.478 e. The Kier molecular flexibility index (Phi) is 6.22. The molecular weight excluding hydrogens is 208 g/mol. The van der Waals surface area contributed by atoms with E-state index in [0.29, 0.717) is 0 Å². The fourth-order valence-corrected chi connectivity index (χ4v) is 1.16. The number of hydrogen-bond donors (Lipinski definition) is 1. The minimum atomic E-state index is -0.883. The zero-order chi connectivity index (χ0) is 8.69. The highest BCUT2D eigenvalue weighted by Gasteiger charge is 1.97. The summed E-state index contributed by atoms with van der Waals surface area (Å²) in [6.07, 6.45) is 6.11. The third-order valence-corrected chi connectivity index (χ3v) is 2.04. The Hall–Kier alpha value is -0.310. The lowest BCUT2D eigenvalue weighted by Gasteiger charge is -2.00. The summed E-state index contributed by atoms with van der Waals surface area (Å²) >= 11 is 3.36. The maximum Gasteiger partial charge on any atom is 0.328 e. The number of allylic oxidation sites excluding steroid dienone is 1. The molecule has 0 fully saturated rings. The number of halogens is 1. The molecule has 2 nitrogen and oxygen atoms in total. The highest BCUT2D eigenvalue weighted by molar-refractivity contribution is 9.09. The average molecular weight is 221 g/mol.